The molecule has 0 radical (unpaired) electrons. The molecule has 1 amide bonds. The Labute approximate surface area is 142 Å². The van der Waals surface area contributed by atoms with Gasteiger partial charge in [0.15, 0.2) is 5.82 Å². The number of nitrogens with zero attached hydrogens (tertiary/aromatic N) is 3. The van der Waals surface area contributed by atoms with Crippen molar-refractivity contribution in [2.45, 2.75) is 23.8 Å². The number of carbonyl (C=O) groups is 1. The number of rotatable bonds is 4. The third-order valence-corrected chi connectivity index (χ3v) is 5.27. The average molecular weight is 378 g/mol. The van der Waals surface area contributed by atoms with E-state index in [4.69, 9.17) is 11.6 Å². The molecule has 0 aliphatic rings. The Kier molecular flexibility index (Phi) is 5.24. The van der Waals surface area contributed by atoms with Crippen LogP contribution in [0.3, 0.4) is 0 Å². The predicted molar refractivity (Wildman–Crippen MR) is 82.8 cm³/mol. The van der Waals surface area contributed by atoms with Crippen molar-refractivity contribution in [2.24, 2.45) is 0 Å². The Bertz CT molecular complexity index is 879. The molecular formula is C14H14ClF2N3O3S. The number of benzene rings is 1. The van der Waals surface area contributed by atoms with Gasteiger partial charge in [-0.2, -0.15) is 4.68 Å². The number of aromatic nitrogens is 2. The van der Waals surface area contributed by atoms with E-state index in [0.717, 1.165) is 18.2 Å². The van der Waals surface area contributed by atoms with E-state index in [1.807, 2.05) is 0 Å². The summed E-state index contributed by atoms with van der Waals surface area (Å²) in [5.41, 5.74) is 0. The van der Waals surface area contributed by atoms with Crippen LogP contribution in [0.1, 0.15) is 13.8 Å². The first-order valence-electron chi connectivity index (χ1n) is 6.97. The summed E-state index contributed by atoms with van der Waals surface area (Å²) in [5, 5.41) is 2.21. The van der Waals surface area contributed by atoms with E-state index in [0.29, 0.717) is 24.0 Å². The number of hydrogen-bond donors (Lipinski definition) is 0. The smallest absolute Gasteiger partial charge is 0.323 e. The van der Waals surface area contributed by atoms with E-state index in [2.05, 4.69) is 5.10 Å². The predicted octanol–water partition coefficient (Wildman–Crippen LogP) is 2.96. The van der Waals surface area contributed by atoms with Crippen molar-refractivity contribution in [1.82, 2.24) is 14.7 Å². The minimum atomic E-state index is -4.39. The summed E-state index contributed by atoms with van der Waals surface area (Å²) in [7, 11) is -4.39. The molecule has 0 spiro atoms. The van der Waals surface area contributed by atoms with E-state index >= 15 is 0 Å². The van der Waals surface area contributed by atoms with Gasteiger partial charge in [0.2, 0.25) is 14.9 Å². The van der Waals surface area contributed by atoms with Crippen LogP contribution in [0, 0.1) is 11.6 Å². The van der Waals surface area contributed by atoms with Crippen LogP contribution in [-0.4, -0.2) is 42.2 Å². The molecule has 130 valence electrons. The summed E-state index contributed by atoms with van der Waals surface area (Å²) in [6.07, 6.45) is 0.693. The fourth-order valence-corrected chi connectivity index (χ4v) is 3.51. The van der Waals surface area contributed by atoms with E-state index < -0.39 is 42.4 Å². The Balaban J connectivity index is 2.49. The Morgan fingerprint density at radius 2 is 1.88 bits per heavy atom. The van der Waals surface area contributed by atoms with Gasteiger partial charge in [-0.3, -0.25) is 0 Å². The van der Waals surface area contributed by atoms with Crippen molar-refractivity contribution in [3.63, 3.8) is 0 Å². The fourth-order valence-electron chi connectivity index (χ4n) is 2.01. The zero-order valence-electron chi connectivity index (χ0n) is 12.8. The lowest BCUT2D eigenvalue weighted by molar-refractivity contribution is 0.201. The molecule has 0 N–H and O–H groups in total. The molecule has 24 heavy (non-hydrogen) atoms. The van der Waals surface area contributed by atoms with Gasteiger partial charge in [0.25, 0.3) is 0 Å². The van der Waals surface area contributed by atoms with Gasteiger partial charge >= 0.3 is 6.03 Å². The van der Waals surface area contributed by atoms with Crippen LogP contribution in [0.15, 0.2) is 34.3 Å². The molecule has 0 saturated heterocycles. The van der Waals surface area contributed by atoms with Gasteiger partial charge in [0.05, 0.1) is 16.1 Å². The maximum atomic E-state index is 14.1. The molecule has 0 aliphatic carbocycles. The van der Waals surface area contributed by atoms with Gasteiger partial charge in [0, 0.05) is 13.1 Å². The SMILES string of the molecule is CCN(CC)C(=O)n1cc(F)c(S(=O)(=O)c2ccc(F)c(Cl)c2)n1. The molecule has 0 bridgehead atoms. The van der Waals surface area contributed by atoms with Crippen LogP contribution in [0.25, 0.3) is 0 Å². The summed E-state index contributed by atoms with van der Waals surface area (Å²) in [6.45, 7) is 4.15. The van der Waals surface area contributed by atoms with Crippen LogP contribution in [0.5, 0.6) is 0 Å². The molecule has 0 aliphatic heterocycles. The molecule has 2 aromatic rings. The zero-order chi connectivity index (χ0) is 18.1. The normalized spacial score (nSPS) is 11.5. The van der Waals surface area contributed by atoms with E-state index in [-0.39, 0.29) is 0 Å². The number of carbonyl (C=O) groups excluding carboxylic acids is 1. The van der Waals surface area contributed by atoms with Gasteiger partial charge in [-0.1, -0.05) is 11.6 Å². The fraction of sp³-hybridized carbons (Fsp3) is 0.286. The van der Waals surface area contributed by atoms with Crippen molar-refractivity contribution in [1.29, 1.82) is 0 Å². The standard InChI is InChI=1S/C14H14ClF2N3O3S/c1-3-19(4-2)14(21)20-8-12(17)13(18-20)24(22,23)9-5-6-11(16)10(15)7-9/h5-8H,3-4H2,1-2H3. The lowest BCUT2D eigenvalue weighted by atomic mass is 10.3. The number of hydrogen-bond acceptors (Lipinski definition) is 4. The molecular weight excluding hydrogens is 364 g/mol. The summed E-state index contributed by atoms with van der Waals surface area (Å²) < 4.78 is 52.7. The van der Waals surface area contributed by atoms with E-state index in [9.17, 15) is 22.0 Å². The highest BCUT2D eigenvalue weighted by atomic mass is 35.5. The second kappa shape index (κ2) is 6.86. The summed E-state index contributed by atoms with van der Waals surface area (Å²) in [6, 6.07) is 2.00. The van der Waals surface area contributed by atoms with Crippen LogP contribution >= 0.6 is 11.6 Å². The molecule has 0 unspecified atom stereocenters. The molecule has 1 heterocycles. The Morgan fingerprint density at radius 1 is 1.25 bits per heavy atom. The van der Waals surface area contributed by atoms with Gasteiger partial charge in [-0.25, -0.2) is 22.0 Å². The second-order valence-corrected chi connectivity index (χ2v) is 7.03. The van der Waals surface area contributed by atoms with Gasteiger partial charge in [0.1, 0.15) is 5.82 Å². The topological polar surface area (TPSA) is 72.3 Å². The lowest BCUT2D eigenvalue weighted by Crippen LogP contribution is -2.34. The Hall–Kier alpha value is -2.00. The maximum Gasteiger partial charge on any atom is 0.344 e. The number of amides is 1. The largest absolute Gasteiger partial charge is 0.344 e. The lowest BCUT2D eigenvalue weighted by Gasteiger charge is -2.17. The highest BCUT2D eigenvalue weighted by molar-refractivity contribution is 7.91. The van der Waals surface area contributed by atoms with Crippen molar-refractivity contribution < 1.29 is 22.0 Å². The number of sulfone groups is 1. The molecule has 1 aromatic carbocycles. The van der Waals surface area contributed by atoms with Gasteiger partial charge in [-0.05, 0) is 32.0 Å². The maximum absolute atomic E-state index is 14.1. The first-order chi connectivity index (χ1) is 11.2. The zero-order valence-corrected chi connectivity index (χ0v) is 14.4. The van der Waals surface area contributed by atoms with Crippen molar-refractivity contribution in [2.75, 3.05) is 13.1 Å². The van der Waals surface area contributed by atoms with Crippen molar-refractivity contribution >= 4 is 27.5 Å². The van der Waals surface area contributed by atoms with Crippen molar-refractivity contribution in [3.8, 4) is 0 Å². The molecule has 1 aromatic heterocycles. The van der Waals surface area contributed by atoms with E-state index in [1.165, 1.54) is 4.90 Å². The Morgan fingerprint density at radius 3 is 2.42 bits per heavy atom. The van der Waals surface area contributed by atoms with Gasteiger partial charge in [-0.15, -0.1) is 5.10 Å². The molecule has 0 saturated carbocycles. The molecule has 0 fully saturated rings. The molecule has 2 rings (SSSR count). The quantitative estimate of drug-likeness (QED) is 0.768. The highest BCUT2D eigenvalue weighted by Gasteiger charge is 2.28. The third kappa shape index (κ3) is 3.27. The molecule has 10 heteroatoms. The van der Waals surface area contributed by atoms with Crippen LogP contribution in [0.2, 0.25) is 5.02 Å². The van der Waals surface area contributed by atoms with Crippen LogP contribution < -0.4 is 0 Å². The van der Waals surface area contributed by atoms with Gasteiger partial charge < -0.3 is 4.90 Å². The summed E-state index contributed by atoms with van der Waals surface area (Å²) >= 11 is 5.56. The summed E-state index contributed by atoms with van der Waals surface area (Å²) in [5.74, 6) is -1.99. The first-order valence-corrected chi connectivity index (χ1v) is 8.83. The highest BCUT2D eigenvalue weighted by Crippen LogP contribution is 2.25. The summed E-state index contributed by atoms with van der Waals surface area (Å²) in [4.78, 5) is 13.1. The molecule has 6 nitrogen and oxygen atoms in total. The van der Waals surface area contributed by atoms with E-state index in [1.54, 1.807) is 13.8 Å². The first kappa shape index (κ1) is 18.3. The van der Waals surface area contributed by atoms with Crippen molar-refractivity contribution in [3.05, 3.63) is 41.1 Å². The number of halogens is 3. The van der Waals surface area contributed by atoms with Crippen LogP contribution in [0.4, 0.5) is 13.6 Å². The average Bonchev–Trinajstić information content (AvgIpc) is 2.93. The molecule has 0 atom stereocenters. The minimum absolute atomic E-state index is 0.354. The second-order valence-electron chi connectivity index (χ2n) is 4.76. The monoisotopic (exact) mass is 377 g/mol. The minimum Gasteiger partial charge on any atom is -0.323 e. The van der Waals surface area contributed by atoms with Crippen LogP contribution in [-0.2, 0) is 9.84 Å². The third-order valence-electron chi connectivity index (χ3n) is 3.32.